The van der Waals surface area contributed by atoms with Gasteiger partial charge in [-0.25, -0.2) is 9.37 Å². The van der Waals surface area contributed by atoms with Crippen LogP contribution in [0.1, 0.15) is 44.3 Å². The molecule has 106 valence electrons. The lowest BCUT2D eigenvalue weighted by molar-refractivity contribution is 0.609. The number of imidazole rings is 1. The number of anilines is 1. The molecule has 1 aliphatic rings. The van der Waals surface area contributed by atoms with Gasteiger partial charge in [0.1, 0.15) is 23.2 Å². The van der Waals surface area contributed by atoms with Crippen LogP contribution in [0, 0.1) is 5.82 Å². The molecule has 4 heteroatoms. The molecule has 0 amide bonds. The predicted molar refractivity (Wildman–Crippen MR) is 78.9 cm³/mol. The number of hydrogen-bond donors (Lipinski definition) is 1. The van der Waals surface area contributed by atoms with Crippen molar-refractivity contribution >= 4 is 5.82 Å². The first kappa shape index (κ1) is 13.2. The second-order valence-electron chi connectivity index (χ2n) is 5.46. The van der Waals surface area contributed by atoms with E-state index in [1.165, 1.54) is 18.9 Å². The quantitative estimate of drug-likeness (QED) is 0.896. The average molecular weight is 273 g/mol. The van der Waals surface area contributed by atoms with E-state index in [0.717, 1.165) is 25.2 Å². The van der Waals surface area contributed by atoms with Gasteiger partial charge in [-0.1, -0.05) is 25.5 Å². The van der Waals surface area contributed by atoms with Crippen LogP contribution in [-0.2, 0) is 6.54 Å². The van der Waals surface area contributed by atoms with Crippen molar-refractivity contribution in [3.63, 3.8) is 0 Å². The van der Waals surface area contributed by atoms with Gasteiger partial charge in [-0.3, -0.25) is 0 Å². The number of benzene rings is 1. The SMILES string of the molecule is CCCCn1c(C2CC2)nc(-c2ccccc2F)c1N. The lowest BCUT2D eigenvalue weighted by Gasteiger charge is -2.08. The molecule has 0 radical (unpaired) electrons. The summed E-state index contributed by atoms with van der Waals surface area (Å²) < 4.78 is 16.0. The Labute approximate surface area is 118 Å². The molecule has 1 aromatic carbocycles. The zero-order valence-electron chi connectivity index (χ0n) is 11.8. The fourth-order valence-corrected chi connectivity index (χ4v) is 2.54. The number of hydrogen-bond acceptors (Lipinski definition) is 2. The van der Waals surface area contributed by atoms with Crippen molar-refractivity contribution < 1.29 is 4.39 Å². The third kappa shape index (κ3) is 2.30. The van der Waals surface area contributed by atoms with E-state index in [1.54, 1.807) is 12.1 Å². The highest BCUT2D eigenvalue weighted by atomic mass is 19.1. The Morgan fingerprint density at radius 2 is 2.10 bits per heavy atom. The molecule has 1 fully saturated rings. The van der Waals surface area contributed by atoms with E-state index in [2.05, 4.69) is 16.5 Å². The second kappa shape index (κ2) is 5.27. The van der Waals surface area contributed by atoms with E-state index in [1.807, 2.05) is 6.07 Å². The first-order valence-electron chi connectivity index (χ1n) is 7.33. The molecular formula is C16H20FN3. The zero-order valence-corrected chi connectivity index (χ0v) is 11.8. The molecule has 0 atom stereocenters. The monoisotopic (exact) mass is 273 g/mol. The summed E-state index contributed by atoms with van der Waals surface area (Å²) >= 11 is 0. The van der Waals surface area contributed by atoms with Crippen LogP contribution in [0.25, 0.3) is 11.3 Å². The molecule has 2 N–H and O–H groups in total. The Balaban J connectivity index is 2.05. The smallest absolute Gasteiger partial charge is 0.132 e. The van der Waals surface area contributed by atoms with Gasteiger partial charge in [-0.2, -0.15) is 0 Å². The molecular weight excluding hydrogens is 253 g/mol. The Hall–Kier alpha value is -1.84. The van der Waals surface area contributed by atoms with Crippen LogP contribution in [0.5, 0.6) is 0 Å². The summed E-state index contributed by atoms with van der Waals surface area (Å²) in [6, 6.07) is 6.70. The van der Waals surface area contributed by atoms with Gasteiger partial charge in [0.2, 0.25) is 0 Å². The molecule has 0 unspecified atom stereocenters. The minimum Gasteiger partial charge on any atom is -0.383 e. The normalized spacial score (nSPS) is 14.7. The third-order valence-corrected chi connectivity index (χ3v) is 3.84. The minimum absolute atomic E-state index is 0.262. The highest BCUT2D eigenvalue weighted by molar-refractivity contribution is 5.71. The van der Waals surface area contributed by atoms with Crippen molar-refractivity contribution in [2.75, 3.05) is 5.73 Å². The van der Waals surface area contributed by atoms with E-state index in [9.17, 15) is 4.39 Å². The van der Waals surface area contributed by atoms with Gasteiger partial charge in [-0.05, 0) is 31.4 Å². The third-order valence-electron chi connectivity index (χ3n) is 3.84. The predicted octanol–water partition coefficient (Wildman–Crippen LogP) is 3.95. The molecule has 1 saturated carbocycles. The maximum atomic E-state index is 14.0. The molecule has 2 aromatic rings. The van der Waals surface area contributed by atoms with Crippen LogP contribution in [0.3, 0.4) is 0 Å². The van der Waals surface area contributed by atoms with Crippen LogP contribution >= 0.6 is 0 Å². The lowest BCUT2D eigenvalue weighted by Crippen LogP contribution is -2.06. The summed E-state index contributed by atoms with van der Waals surface area (Å²) in [7, 11) is 0. The van der Waals surface area contributed by atoms with Crippen LogP contribution in [0.4, 0.5) is 10.2 Å². The average Bonchev–Trinajstić information content (AvgIpc) is 3.23. The van der Waals surface area contributed by atoms with Crippen molar-refractivity contribution in [1.82, 2.24) is 9.55 Å². The number of aromatic nitrogens is 2. The second-order valence-corrected chi connectivity index (χ2v) is 5.46. The van der Waals surface area contributed by atoms with Crippen LogP contribution in [0.2, 0.25) is 0 Å². The molecule has 0 aliphatic heterocycles. The Kier molecular flexibility index (Phi) is 3.47. The molecule has 20 heavy (non-hydrogen) atoms. The van der Waals surface area contributed by atoms with Crippen molar-refractivity contribution in [2.24, 2.45) is 0 Å². The summed E-state index contributed by atoms with van der Waals surface area (Å²) in [5.41, 5.74) is 7.35. The van der Waals surface area contributed by atoms with E-state index in [-0.39, 0.29) is 5.82 Å². The molecule has 1 heterocycles. The highest BCUT2D eigenvalue weighted by Crippen LogP contribution is 2.42. The highest BCUT2D eigenvalue weighted by Gasteiger charge is 2.31. The largest absolute Gasteiger partial charge is 0.383 e. The van der Waals surface area contributed by atoms with E-state index >= 15 is 0 Å². The summed E-state index contributed by atoms with van der Waals surface area (Å²) in [6.45, 7) is 3.03. The van der Waals surface area contributed by atoms with Gasteiger partial charge in [0.05, 0.1) is 0 Å². The number of nitrogen functional groups attached to an aromatic ring is 1. The van der Waals surface area contributed by atoms with E-state index in [4.69, 9.17) is 5.73 Å². The number of unbranched alkanes of at least 4 members (excludes halogenated alkanes) is 1. The lowest BCUT2D eigenvalue weighted by atomic mass is 10.1. The van der Waals surface area contributed by atoms with Gasteiger partial charge < -0.3 is 10.3 Å². The Morgan fingerprint density at radius 1 is 1.35 bits per heavy atom. The van der Waals surface area contributed by atoms with Crippen molar-refractivity contribution in [2.45, 2.75) is 45.1 Å². The zero-order chi connectivity index (χ0) is 14.1. The van der Waals surface area contributed by atoms with Crippen molar-refractivity contribution in [3.05, 3.63) is 35.9 Å². The number of rotatable bonds is 5. The minimum atomic E-state index is -0.262. The summed E-state index contributed by atoms with van der Waals surface area (Å²) in [6.07, 6.45) is 4.51. The number of halogens is 1. The molecule has 1 aliphatic carbocycles. The maximum absolute atomic E-state index is 14.0. The van der Waals surface area contributed by atoms with Gasteiger partial charge in [0, 0.05) is 18.0 Å². The van der Waals surface area contributed by atoms with Crippen molar-refractivity contribution in [1.29, 1.82) is 0 Å². The summed E-state index contributed by atoms with van der Waals surface area (Å²) in [5, 5.41) is 0. The van der Waals surface area contributed by atoms with Gasteiger partial charge in [0.25, 0.3) is 0 Å². The first-order valence-corrected chi connectivity index (χ1v) is 7.33. The molecule has 0 bridgehead atoms. The number of nitrogens with zero attached hydrogens (tertiary/aromatic N) is 2. The van der Waals surface area contributed by atoms with Gasteiger partial charge >= 0.3 is 0 Å². The fourth-order valence-electron chi connectivity index (χ4n) is 2.54. The Bertz CT molecular complexity index is 614. The molecule has 1 aromatic heterocycles. The van der Waals surface area contributed by atoms with Crippen molar-refractivity contribution in [3.8, 4) is 11.3 Å². The van der Waals surface area contributed by atoms with Gasteiger partial charge in [0.15, 0.2) is 0 Å². The fraction of sp³-hybridized carbons (Fsp3) is 0.438. The molecule has 0 saturated heterocycles. The van der Waals surface area contributed by atoms with E-state index in [0.29, 0.717) is 23.0 Å². The standard InChI is InChI=1S/C16H20FN3/c1-2-3-10-20-15(18)14(19-16(20)11-8-9-11)12-6-4-5-7-13(12)17/h4-7,11H,2-3,8-10,18H2,1H3. The molecule has 0 spiro atoms. The van der Waals surface area contributed by atoms with E-state index < -0.39 is 0 Å². The molecule has 3 nitrogen and oxygen atoms in total. The number of nitrogens with two attached hydrogens (primary N) is 1. The van der Waals surface area contributed by atoms with Crippen LogP contribution in [0.15, 0.2) is 24.3 Å². The Morgan fingerprint density at radius 3 is 2.75 bits per heavy atom. The molecule has 3 rings (SSSR count). The van der Waals surface area contributed by atoms with Gasteiger partial charge in [-0.15, -0.1) is 0 Å². The topological polar surface area (TPSA) is 43.8 Å². The van der Waals surface area contributed by atoms with Crippen LogP contribution in [-0.4, -0.2) is 9.55 Å². The summed E-state index contributed by atoms with van der Waals surface area (Å²) in [4.78, 5) is 4.65. The van der Waals surface area contributed by atoms with Crippen LogP contribution < -0.4 is 5.73 Å². The maximum Gasteiger partial charge on any atom is 0.132 e. The first-order chi connectivity index (χ1) is 9.72. The summed E-state index contributed by atoms with van der Waals surface area (Å²) in [5.74, 6) is 1.89.